The van der Waals surface area contributed by atoms with E-state index in [0.717, 1.165) is 42.7 Å². The number of hydrogen-bond acceptors (Lipinski definition) is 2. The highest BCUT2D eigenvalue weighted by atomic mass is 35.5. The maximum absolute atomic E-state index is 12.2. The molecule has 1 aromatic rings. The van der Waals surface area contributed by atoms with Crippen LogP contribution in [-0.2, 0) is 11.2 Å². The zero-order chi connectivity index (χ0) is 13.9. The molecule has 1 saturated carbocycles. The van der Waals surface area contributed by atoms with Gasteiger partial charge in [0.2, 0.25) is 5.91 Å². The smallest absolute Gasteiger partial charge is 0.240 e. The van der Waals surface area contributed by atoms with Gasteiger partial charge in [-0.15, -0.1) is 0 Å². The first-order valence-corrected chi connectivity index (χ1v) is 7.22. The molecule has 1 aromatic carbocycles. The molecule has 3 nitrogen and oxygen atoms in total. The van der Waals surface area contributed by atoms with Crippen LogP contribution in [0.25, 0.3) is 0 Å². The van der Waals surface area contributed by atoms with E-state index < -0.39 is 5.54 Å². The van der Waals surface area contributed by atoms with Gasteiger partial charge < -0.3 is 11.1 Å². The van der Waals surface area contributed by atoms with Crippen molar-refractivity contribution in [1.82, 2.24) is 5.32 Å². The molecule has 0 saturated heterocycles. The Bertz CT molecular complexity index is 455. The van der Waals surface area contributed by atoms with Crippen LogP contribution in [-0.4, -0.2) is 17.5 Å². The molecule has 0 aromatic heterocycles. The Balaban J connectivity index is 1.93. The maximum atomic E-state index is 12.2. The van der Waals surface area contributed by atoms with Crippen LogP contribution in [0.4, 0.5) is 0 Å². The van der Waals surface area contributed by atoms with Gasteiger partial charge in [0.25, 0.3) is 0 Å². The Morgan fingerprint density at radius 1 is 1.42 bits per heavy atom. The maximum Gasteiger partial charge on any atom is 0.240 e. The number of nitrogens with one attached hydrogen (secondary N) is 1. The Morgan fingerprint density at radius 3 is 2.68 bits per heavy atom. The van der Waals surface area contributed by atoms with Gasteiger partial charge in [0.15, 0.2) is 0 Å². The van der Waals surface area contributed by atoms with Gasteiger partial charge in [0, 0.05) is 11.1 Å². The minimum absolute atomic E-state index is 0.0236. The Kier molecular flexibility index (Phi) is 4.48. The lowest BCUT2D eigenvalue weighted by Gasteiger charge is -2.25. The van der Waals surface area contributed by atoms with Gasteiger partial charge in [-0.25, -0.2) is 0 Å². The highest BCUT2D eigenvalue weighted by molar-refractivity contribution is 6.31. The van der Waals surface area contributed by atoms with Gasteiger partial charge in [-0.1, -0.05) is 42.6 Å². The van der Waals surface area contributed by atoms with Gasteiger partial charge in [-0.2, -0.15) is 0 Å². The largest absolute Gasteiger partial charge is 0.352 e. The summed E-state index contributed by atoms with van der Waals surface area (Å²) in [7, 11) is 0. The van der Waals surface area contributed by atoms with Gasteiger partial charge in [0.1, 0.15) is 0 Å². The predicted octanol–water partition coefficient (Wildman–Crippen LogP) is 2.66. The Labute approximate surface area is 119 Å². The van der Waals surface area contributed by atoms with Crippen molar-refractivity contribution >= 4 is 17.5 Å². The normalized spacial score (nSPS) is 19.1. The number of carbonyl (C=O) groups is 1. The summed E-state index contributed by atoms with van der Waals surface area (Å²) in [6.45, 7) is 1.99. The molecule has 0 spiro atoms. The summed E-state index contributed by atoms with van der Waals surface area (Å²) in [5.74, 6) is -0.0236. The summed E-state index contributed by atoms with van der Waals surface area (Å²) in [5, 5.41) is 3.76. The second-order valence-electron chi connectivity index (χ2n) is 5.53. The van der Waals surface area contributed by atoms with E-state index in [2.05, 4.69) is 5.32 Å². The van der Waals surface area contributed by atoms with Gasteiger partial charge in [-0.3, -0.25) is 4.79 Å². The summed E-state index contributed by atoms with van der Waals surface area (Å²) in [6.07, 6.45) is 4.39. The highest BCUT2D eigenvalue weighted by Gasteiger charge is 2.37. The fraction of sp³-hybridized carbons (Fsp3) is 0.533. The fourth-order valence-electron chi connectivity index (χ4n) is 2.65. The molecule has 1 amide bonds. The zero-order valence-electron chi connectivity index (χ0n) is 11.3. The quantitative estimate of drug-likeness (QED) is 0.891. The summed E-state index contributed by atoms with van der Waals surface area (Å²) >= 11 is 6.12. The first kappa shape index (κ1) is 14.4. The van der Waals surface area contributed by atoms with Crippen LogP contribution in [0.1, 0.15) is 38.2 Å². The van der Waals surface area contributed by atoms with Crippen LogP contribution < -0.4 is 11.1 Å². The van der Waals surface area contributed by atoms with E-state index >= 15 is 0 Å². The third-order valence-corrected chi connectivity index (χ3v) is 4.18. The number of halogens is 1. The van der Waals surface area contributed by atoms with Crippen molar-refractivity contribution < 1.29 is 4.79 Å². The molecular weight excluding hydrogens is 260 g/mol. The molecule has 19 heavy (non-hydrogen) atoms. The number of rotatable bonds is 4. The first-order chi connectivity index (χ1) is 9.01. The summed E-state index contributed by atoms with van der Waals surface area (Å²) < 4.78 is 0. The number of benzene rings is 1. The number of nitrogens with two attached hydrogens (primary N) is 1. The van der Waals surface area contributed by atoms with Crippen LogP contribution in [0.3, 0.4) is 0 Å². The second kappa shape index (κ2) is 5.93. The molecule has 1 aliphatic carbocycles. The third-order valence-electron chi connectivity index (χ3n) is 3.81. The standard InChI is InChI=1S/C15H21ClN2O/c1-11(10-12-6-2-3-7-13(12)16)18-14(19)15(17)8-4-5-9-15/h2-3,6-7,11H,4-5,8-10,17H2,1H3,(H,18,19). The number of carbonyl (C=O) groups excluding carboxylic acids is 1. The Morgan fingerprint density at radius 2 is 2.05 bits per heavy atom. The lowest BCUT2D eigenvalue weighted by atomic mass is 9.97. The van der Waals surface area contributed by atoms with E-state index in [0.29, 0.717) is 0 Å². The molecule has 0 aliphatic heterocycles. The van der Waals surface area contributed by atoms with Gasteiger partial charge in [-0.05, 0) is 37.8 Å². The summed E-state index contributed by atoms with van der Waals surface area (Å²) in [6, 6.07) is 7.75. The highest BCUT2D eigenvalue weighted by Crippen LogP contribution is 2.27. The van der Waals surface area contributed by atoms with Gasteiger partial charge in [0.05, 0.1) is 5.54 Å². The van der Waals surface area contributed by atoms with Crippen molar-refractivity contribution in [2.75, 3.05) is 0 Å². The summed E-state index contributed by atoms with van der Waals surface area (Å²) in [4.78, 5) is 12.2. The van der Waals surface area contributed by atoms with E-state index in [1.807, 2.05) is 31.2 Å². The van der Waals surface area contributed by atoms with E-state index in [1.54, 1.807) is 0 Å². The number of amides is 1. The van der Waals surface area contributed by atoms with Crippen molar-refractivity contribution in [2.45, 2.75) is 50.6 Å². The average Bonchev–Trinajstić information content (AvgIpc) is 2.80. The third kappa shape index (κ3) is 3.48. The van der Waals surface area contributed by atoms with Crippen molar-refractivity contribution in [3.8, 4) is 0 Å². The van der Waals surface area contributed by atoms with Crippen LogP contribution in [0.2, 0.25) is 5.02 Å². The molecule has 1 fully saturated rings. The monoisotopic (exact) mass is 280 g/mol. The van der Waals surface area contributed by atoms with Crippen molar-refractivity contribution in [3.63, 3.8) is 0 Å². The van der Waals surface area contributed by atoms with Crippen LogP contribution in [0.5, 0.6) is 0 Å². The topological polar surface area (TPSA) is 55.1 Å². The minimum Gasteiger partial charge on any atom is -0.352 e. The molecule has 0 bridgehead atoms. The predicted molar refractivity (Wildman–Crippen MR) is 78.1 cm³/mol. The van der Waals surface area contributed by atoms with E-state index in [1.165, 1.54) is 0 Å². The lowest BCUT2D eigenvalue weighted by molar-refractivity contribution is -0.126. The van der Waals surface area contributed by atoms with Crippen molar-refractivity contribution in [1.29, 1.82) is 0 Å². The number of hydrogen-bond donors (Lipinski definition) is 2. The molecule has 0 radical (unpaired) electrons. The molecule has 104 valence electrons. The molecule has 2 rings (SSSR count). The van der Waals surface area contributed by atoms with Crippen molar-refractivity contribution in [2.24, 2.45) is 5.73 Å². The molecule has 1 unspecified atom stereocenters. The van der Waals surface area contributed by atoms with Crippen LogP contribution >= 0.6 is 11.6 Å². The summed E-state index contributed by atoms with van der Waals surface area (Å²) in [5.41, 5.74) is 6.53. The van der Waals surface area contributed by atoms with Crippen LogP contribution in [0, 0.1) is 0 Å². The average molecular weight is 281 g/mol. The molecule has 3 N–H and O–H groups in total. The lowest BCUT2D eigenvalue weighted by Crippen LogP contribution is -2.54. The second-order valence-corrected chi connectivity index (χ2v) is 5.94. The Hall–Kier alpha value is -1.06. The first-order valence-electron chi connectivity index (χ1n) is 6.84. The molecule has 1 atom stereocenters. The van der Waals surface area contributed by atoms with Gasteiger partial charge >= 0.3 is 0 Å². The molecule has 4 heteroatoms. The van der Waals surface area contributed by atoms with E-state index in [4.69, 9.17) is 17.3 Å². The SMILES string of the molecule is CC(Cc1ccccc1Cl)NC(=O)C1(N)CCCC1. The van der Waals surface area contributed by atoms with E-state index in [9.17, 15) is 4.79 Å². The van der Waals surface area contributed by atoms with Crippen molar-refractivity contribution in [3.05, 3.63) is 34.9 Å². The minimum atomic E-state index is -0.658. The molecule has 0 heterocycles. The zero-order valence-corrected chi connectivity index (χ0v) is 12.0. The van der Waals surface area contributed by atoms with Crippen LogP contribution in [0.15, 0.2) is 24.3 Å². The fourth-order valence-corrected chi connectivity index (χ4v) is 2.86. The molecular formula is C15H21ClN2O. The van der Waals surface area contributed by atoms with E-state index in [-0.39, 0.29) is 11.9 Å². The molecule has 1 aliphatic rings.